The summed E-state index contributed by atoms with van der Waals surface area (Å²) < 4.78 is 6.38. The van der Waals surface area contributed by atoms with Gasteiger partial charge in [-0.25, -0.2) is 4.98 Å². The van der Waals surface area contributed by atoms with Crippen molar-refractivity contribution in [1.29, 1.82) is 0 Å². The number of para-hydroxylation sites is 1. The van der Waals surface area contributed by atoms with Crippen molar-refractivity contribution < 1.29 is 4.42 Å². The van der Waals surface area contributed by atoms with Crippen LogP contribution in [0.4, 0.5) is 17.1 Å². The highest BCUT2D eigenvalue weighted by atomic mass is 16.3. The van der Waals surface area contributed by atoms with Gasteiger partial charge >= 0.3 is 0 Å². The molecule has 0 fully saturated rings. The molecule has 0 atom stereocenters. The van der Waals surface area contributed by atoms with Crippen LogP contribution in [0.25, 0.3) is 66.7 Å². The number of oxazole rings is 1. The normalized spacial score (nSPS) is 12.7. The molecule has 1 aliphatic rings. The van der Waals surface area contributed by atoms with Crippen LogP contribution in [-0.2, 0) is 0 Å². The molecule has 0 amide bonds. The summed E-state index contributed by atoms with van der Waals surface area (Å²) in [7, 11) is 0. The fourth-order valence-corrected chi connectivity index (χ4v) is 8.04. The first-order valence-electron chi connectivity index (χ1n) is 19.3. The quantitative estimate of drug-likeness (QED) is 0.157. The Balaban J connectivity index is 0.997. The van der Waals surface area contributed by atoms with E-state index in [1.807, 2.05) is 30.3 Å². The zero-order valence-corrected chi connectivity index (χ0v) is 30.8. The second-order valence-electron chi connectivity index (χ2n) is 14.3. The van der Waals surface area contributed by atoms with Crippen LogP contribution >= 0.6 is 0 Å². The minimum absolute atomic E-state index is 0.650. The Morgan fingerprint density at radius 3 is 1.59 bits per heavy atom. The topological polar surface area (TPSA) is 29.3 Å². The van der Waals surface area contributed by atoms with Gasteiger partial charge in [0.2, 0.25) is 5.89 Å². The summed E-state index contributed by atoms with van der Waals surface area (Å²) in [6.07, 6.45) is 6.48. The number of nitrogens with zero attached hydrogens (tertiary/aromatic N) is 2. The van der Waals surface area contributed by atoms with E-state index in [9.17, 15) is 0 Å². The highest BCUT2D eigenvalue weighted by molar-refractivity contribution is 6.09. The third-order valence-corrected chi connectivity index (χ3v) is 10.9. The molecule has 0 saturated heterocycles. The molecule has 1 heterocycles. The Labute approximate surface area is 327 Å². The summed E-state index contributed by atoms with van der Waals surface area (Å²) in [6.45, 7) is 0. The largest absolute Gasteiger partial charge is 0.436 e. The van der Waals surface area contributed by atoms with Gasteiger partial charge in [0, 0.05) is 27.9 Å². The molecule has 0 radical (unpaired) electrons. The Morgan fingerprint density at radius 2 is 0.929 bits per heavy atom. The molecule has 0 unspecified atom stereocenters. The minimum atomic E-state index is 0.650. The van der Waals surface area contributed by atoms with Crippen molar-refractivity contribution >= 4 is 50.1 Å². The van der Waals surface area contributed by atoms with E-state index in [-0.39, 0.29) is 0 Å². The van der Waals surface area contributed by atoms with Gasteiger partial charge in [0.1, 0.15) is 5.52 Å². The number of benzene rings is 8. The van der Waals surface area contributed by atoms with Crippen LogP contribution in [-0.4, -0.2) is 4.98 Å². The zero-order valence-electron chi connectivity index (χ0n) is 30.8. The molecular formula is C53H38N2O. The number of aromatic nitrogens is 1. The molecule has 9 aromatic rings. The molecule has 1 aromatic heterocycles. The van der Waals surface area contributed by atoms with Gasteiger partial charge in [-0.05, 0) is 106 Å². The molecule has 0 saturated carbocycles. The lowest BCUT2D eigenvalue weighted by molar-refractivity contribution is 0.620. The number of hydrogen-bond acceptors (Lipinski definition) is 3. The average molecular weight is 719 g/mol. The number of hydrogen-bond donors (Lipinski definition) is 0. The van der Waals surface area contributed by atoms with Gasteiger partial charge < -0.3 is 9.32 Å². The summed E-state index contributed by atoms with van der Waals surface area (Å²) in [5.74, 6) is 0.650. The monoisotopic (exact) mass is 718 g/mol. The summed E-state index contributed by atoms with van der Waals surface area (Å²) in [5.41, 5.74) is 15.9. The van der Waals surface area contributed by atoms with Crippen LogP contribution < -0.4 is 4.90 Å². The summed E-state index contributed by atoms with van der Waals surface area (Å²) in [4.78, 5) is 7.32. The second-order valence-corrected chi connectivity index (χ2v) is 14.3. The number of fused-ring (bicyclic) bond motifs is 3. The van der Waals surface area contributed by atoms with Crippen molar-refractivity contribution in [2.75, 3.05) is 4.90 Å². The molecule has 0 N–H and O–H groups in total. The van der Waals surface area contributed by atoms with Gasteiger partial charge in [-0.2, -0.15) is 0 Å². The molecule has 3 nitrogen and oxygen atoms in total. The van der Waals surface area contributed by atoms with Gasteiger partial charge in [-0.15, -0.1) is 0 Å². The van der Waals surface area contributed by atoms with Gasteiger partial charge in [0.15, 0.2) is 5.58 Å². The molecule has 0 aliphatic heterocycles. The fourth-order valence-electron chi connectivity index (χ4n) is 8.04. The maximum absolute atomic E-state index is 6.38. The van der Waals surface area contributed by atoms with E-state index in [0.29, 0.717) is 5.89 Å². The molecule has 266 valence electrons. The van der Waals surface area contributed by atoms with Crippen molar-refractivity contribution in [2.45, 2.75) is 12.8 Å². The summed E-state index contributed by atoms with van der Waals surface area (Å²) in [6, 6.07) is 68.8. The van der Waals surface area contributed by atoms with Crippen LogP contribution in [0.1, 0.15) is 24.0 Å². The van der Waals surface area contributed by atoms with Crippen LogP contribution in [0, 0.1) is 0 Å². The van der Waals surface area contributed by atoms with Crippen LogP contribution in [0.15, 0.2) is 211 Å². The zero-order chi connectivity index (χ0) is 37.3. The van der Waals surface area contributed by atoms with Crippen LogP contribution in [0.2, 0.25) is 0 Å². The lowest BCUT2D eigenvalue weighted by Crippen LogP contribution is -2.11. The fraction of sp³-hybridized carbons (Fsp3) is 0.0377. The average Bonchev–Trinajstić information content (AvgIpc) is 3.73. The molecule has 1 aliphatic carbocycles. The Bertz CT molecular complexity index is 2870. The van der Waals surface area contributed by atoms with E-state index < -0.39 is 0 Å². The highest BCUT2D eigenvalue weighted by Crippen LogP contribution is 2.43. The molecular weight excluding hydrogens is 681 g/mol. The van der Waals surface area contributed by atoms with Crippen molar-refractivity contribution in [2.24, 2.45) is 0 Å². The first-order valence-corrected chi connectivity index (χ1v) is 19.3. The number of allylic oxidation sites excluding steroid dienone is 4. The third-order valence-electron chi connectivity index (χ3n) is 10.9. The number of rotatable bonds is 8. The van der Waals surface area contributed by atoms with Crippen molar-refractivity contribution in [3.63, 3.8) is 0 Å². The first kappa shape index (κ1) is 33.3. The minimum Gasteiger partial charge on any atom is -0.436 e. The predicted octanol–water partition coefficient (Wildman–Crippen LogP) is 14.7. The molecule has 3 heteroatoms. The Kier molecular flexibility index (Phi) is 8.66. The van der Waals surface area contributed by atoms with Gasteiger partial charge in [0.25, 0.3) is 0 Å². The van der Waals surface area contributed by atoms with E-state index in [1.165, 1.54) is 49.9 Å². The molecule has 56 heavy (non-hydrogen) atoms. The summed E-state index contributed by atoms with van der Waals surface area (Å²) in [5, 5.41) is 2.32. The van der Waals surface area contributed by atoms with E-state index in [4.69, 9.17) is 9.40 Å². The SMILES string of the molecule is C1=C(c2ccc(N(c3ccc(-c4ccccc4)cc3)c3ccccc3-c3ccccc3)cc2)CCC(c2cc3oc(-c4ccccc4)nc3c3ccccc23)=C1. The van der Waals surface area contributed by atoms with Gasteiger partial charge in [-0.1, -0.05) is 158 Å². The van der Waals surface area contributed by atoms with Crippen molar-refractivity contribution in [1.82, 2.24) is 4.98 Å². The second kappa shape index (κ2) is 14.5. The standard InChI is InChI=1S/C53H38N2O/c1-4-14-37(15-5-1)39-28-32-44(33-29-39)55(50-23-13-12-20-46(50)41-16-6-2-7-17-41)45-34-30-40(31-35-45)38-24-26-42(27-25-38)49-36-51-52(48-22-11-10-21-47(48)49)54-53(56-51)43-18-8-3-9-19-43/h1-24,26,28-36H,25,27H2. The number of anilines is 3. The van der Waals surface area contributed by atoms with E-state index in [0.717, 1.165) is 52.0 Å². The van der Waals surface area contributed by atoms with Gasteiger partial charge in [-0.3, -0.25) is 0 Å². The molecule has 0 bridgehead atoms. The summed E-state index contributed by atoms with van der Waals surface area (Å²) >= 11 is 0. The van der Waals surface area contributed by atoms with Crippen molar-refractivity contribution in [3.8, 4) is 33.7 Å². The Hall–Kier alpha value is -7.23. The lowest BCUT2D eigenvalue weighted by atomic mass is 9.87. The third kappa shape index (κ3) is 6.29. The van der Waals surface area contributed by atoms with Crippen molar-refractivity contribution in [3.05, 3.63) is 217 Å². The maximum atomic E-state index is 6.38. The lowest BCUT2D eigenvalue weighted by Gasteiger charge is -2.28. The predicted molar refractivity (Wildman–Crippen MR) is 234 cm³/mol. The van der Waals surface area contributed by atoms with E-state index in [2.05, 4.69) is 181 Å². The molecule has 10 rings (SSSR count). The first-order chi connectivity index (χ1) is 27.8. The Morgan fingerprint density at radius 1 is 0.411 bits per heavy atom. The molecule has 8 aromatic carbocycles. The van der Waals surface area contributed by atoms with Crippen LogP contribution in [0.5, 0.6) is 0 Å². The molecule has 0 spiro atoms. The van der Waals surface area contributed by atoms with E-state index >= 15 is 0 Å². The van der Waals surface area contributed by atoms with Gasteiger partial charge in [0.05, 0.1) is 5.69 Å². The highest BCUT2D eigenvalue weighted by Gasteiger charge is 2.20. The smallest absolute Gasteiger partial charge is 0.227 e. The maximum Gasteiger partial charge on any atom is 0.227 e. The van der Waals surface area contributed by atoms with Crippen LogP contribution in [0.3, 0.4) is 0 Å². The van der Waals surface area contributed by atoms with E-state index in [1.54, 1.807) is 0 Å².